The molecule has 0 amide bonds. The smallest absolute Gasteiger partial charge is 0.198 e. The highest BCUT2D eigenvalue weighted by atomic mass is 16.5. The number of phenolic OH excluding ortho intramolecular Hbond substituents is 1. The van der Waals surface area contributed by atoms with Crippen LogP contribution in [0.3, 0.4) is 0 Å². The molecule has 140 valence electrons. The molecule has 1 aliphatic rings. The molecule has 0 radical (unpaired) electrons. The van der Waals surface area contributed by atoms with Gasteiger partial charge in [0.05, 0.1) is 16.8 Å². The highest BCUT2D eigenvalue weighted by Gasteiger charge is 2.35. The van der Waals surface area contributed by atoms with E-state index in [0.717, 1.165) is 12.8 Å². The maximum Gasteiger partial charge on any atom is 0.198 e. The average Bonchev–Trinajstić information content (AvgIpc) is 2.70. The number of fused-ring (bicyclic) bond motifs is 2. The van der Waals surface area contributed by atoms with Gasteiger partial charge in [-0.15, -0.1) is 0 Å². The molecule has 0 spiro atoms. The average molecular weight is 373 g/mol. The quantitative estimate of drug-likeness (QED) is 0.406. The molecule has 3 N–H and O–H groups in total. The summed E-state index contributed by atoms with van der Waals surface area (Å²) in [5, 5.41) is 10.5. The molecular formula is C23H19NO4. The molecule has 0 unspecified atom stereocenters. The number of rotatable bonds is 4. The second kappa shape index (κ2) is 6.85. The van der Waals surface area contributed by atoms with Gasteiger partial charge in [-0.2, -0.15) is 0 Å². The molecular weight excluding hydrogens is 354 g/mol. The van der Waals surface area contributed by atoms with Crippen molar-refractivity contribution in [3.8, 4) is 17.2 Å². The van der Waals surface area contributed by atoms with Crippen LogP contribution in [0.5, 0.6) is 17.2 Å². The third kappa shape index (κ3) is 2.81. The van der Waals surface area contributed by atoms with Crippen LogP contribution < -0.4 is 10.5 Å². The van der Waals surface area contributed by atoms with Crippen molar-refractivity contribution < 1.29 is 19.4 Å². The van der Waals surface area contributed by atoms with E-state index in [2.05, 4.69) is 6.92 Å². The Hall–Kier alpha value is -3.60. The number of carbonyl (C=O) groups is 2. The standard InChI is InChI=1S/C23H19NO4/c1-2-5-13-8-10-14(11-9-13)28-18-12-17(25)19-20(21(18)24)23(27)16-7-4-3-6-15(16)22(19)26/h3-4,6-12,25H,2,5,24H2,1H3. The van der Waals surface area contributed by atoms with E-state index in [0.29, 0.717) is 5.75 Å². The van der Waals surface area contributed by atoms with Crippen LogP contribution in [-0.4, -0.2) is 16.7 Å². The summed E-state index contributed by atoms with van der Waals surface area (Å²) in [6.07, 6.45) is 2.02. The number of nitrogens with two attached hydrogens (primary N) is 1. The van der Waals surface area contributed by atoms with Crippen molar-refractivity contribution in [2.45, 2.75) is 19.8 Å². The zero-order valence-corrected chi connectivity index (χ0v) is 15.4. The van der Waals surface area contributed by atoms with Gasteiger partial charge in [0.1, 0.15) is 11.5 Å². The number of aryl methyl sites for hydroxylation is 1. The Bertz CT molecular complexity index is 1100. The summed E-state index contributed by atoms with van der Waals surface area (Å²) in [5.41, 5.74) is 7.87. The first-order chi connectivity index (χ1) is 13.5. The Kier molecular flexibility index (Phi) is 4.35. The van der Waals surface area contributed by atoms with E-state index in [-0.39, 0.29) is 39.4 Å². The lowest BCUT2D eigenvalue weighted by Gasteiger charge is -2.21. The molecule has 4 rings (SSSR count). The van der Waals surface area contributed by atoms with Crippen molar-refractivity contribution in [1.82, 2.24) is 0 Å². The lowest BCUT2D eigenvalue weighted by atomic mass is 9.82. The Balaban J connectivity index is 1.77. The van der Waals surface area contributed by atoms with Crippen molar-refractivity contribution in [3.63, 3.8) is 0 Å². The zero-order chi connectivity index (χ0) is 19.8. The van der Waals surface area contributed by atoms with Gasteiger partial charge in [-0.1, -0.05) is 49.7 Å². The largest absolute Gasteiger partial charge is 0.507 e. The lowest BCUT2D eigenvalue weighted by molar-refractivity contribution is 0.0977. The van der Waals surface area contributed by atoms with Crippen molar-refractivity contribution in [2.75, 3.05) is 5.73 Å². The van der Waals surface area contributed by atoms with Gasteiger partial charge >= 0.3 is 0 Å². The molecule has 0 bridgehead atoms. The van der Waals surface area contributed by atoms with Gasteiger partial charge in [-0.3, -0.25) is 9.59 Å². The summed E-state index contributed by atoms with van der Waals surface area (Å²) in [7, 11) is 0. The van der Waals surface area contributed by atoms with Gasteiger partial charge in [-0.25, -0.2) is 0 Å². The summed E-state index contributed by atoms with van der Waals surface area (Å²) in [5.74, 6) is -0.484. The second-order valence-corrected chi connectivity index (χ2v) is 6.76. The first kappa shape index (κ1) is 17.8. The first-order valence-electron chi connectivity index (χ1n) is 9.12. The number of nitrogen functional groups attached to an aromatic ring is 1. The van der Waals surface area contributed by atoms with Gasteiger partial charge in [0, 0.05) is 17.2 Å². The third-order valence-electron chi connectivity index (χ3n) is 4.87. The van der Waals surface area contributed by atoms with E-state index in [9.17, 15) is 14.7 Å². The number of phenols is 1. The molecule has 0 saturated carbocycles. The molecule has 3 aromatic carbocycles. The fraction of sp³-hybridized carbons (Fsp3) is 0.130. The van der Waals surface area contributed by atoms with Crippen LogP contribution in [0, 0.1) is 0 Å². The van der Waals surface area contributed by atoms with E-state index in [1.165, 1.54) is 11.6 Å². The Morgan fingerprint density at radius 3 is 2.14 bits per heavy atom. The summed E-state index contributed by atoms with van der Waals surface area (Å²) < 4.78 is 5.81. The topological polar surface area (TPSA) is 89.6 Å². The zero-order valence-electron chi connectivity index (χ0n) is 15.4. The SMILES string of the molecule is CCCc1ccc(Oc2cc(O)c3c(c2N)C(=O)c2ccccc2C3=O)cc1. The lowest BCUT2D eigenvalue weighted by Crippen LogP contribution is -2.22. The van der Waals surface area contributed by atoms with E-state index in [4.69, 9.17) is 10.5 Å². The number of ether oxygens (including phenoxy) is 1. The summed E-state index contributed by atoms with van der Waals surface area (Å²) in [6.45, 7) is 2.11. The third-order valence-corrected chi connectivity index (χ3v) is 4.87. The number of hydrogen-bond acceptors (Lipinski definition) is 5. The van der Waals surface area contributed by atoms with Crippen LogP contribution in [0.25, 0.3) is 0 Å². The summed E-state index contributed by atoms with van der Waals surface area (Å²) >= 11 is 0. The number of anilines is 1. The highest BCUT2D eigenvalue weighted by Crippen LogP contribution is 2.42. The Morgan fingerprint density at radius 2 is 1.54 bits per heavy atom. The first-order valence-corrected chi connectivity index (χ1v) is 9.12. The minimum absolute atomic E-state index is 0.0127. The van der Waals surface area contributed by atoms with E-state index >= 15 is 0 Å². The van der Waals surface area contributed by atoms with Crippen LogP contribution in [0.15, 0.2) is 54.6 Å². The minimum Gasteiger partial charge on any atom is -0.507 e. The maximum absolute atomic E-state index is 12.9. The van der Waals surface area contributed by atoms with Gasteiger partial charge < -0.3 is 15.6 Å². The van der Waals surface area contributed by atoms with Crippen molar-refractivity contribution in [2.24, 2.45) is 0 Å². The normalized spacial score (nSPS) is 12.5. The van der Waals surface area contributed by atoms with Crippen LogP contribution in [0.4, 0.5) is 5.69 Å². The van der Waals surface area contributed by atoms with Gasteiger partial charge in [0.25, 0.3) is 0 Å². The van der Waals surface area contributed by atoms with Gasteiger partial charge in [0.2, 0.25) is 0 Å². The fourth-order valence-electron chi connectivity index (χ4n) is 3.50. The van der Waals surface area contributed by atoms with E-state index in [1.807, 2.05) is 24.3 Å². The predicted octanol–water partition coefficient (Wildman–Crippen LogP) is 4.49. The van der Waals surface area contributed by atoms with Crippen LogP contribution >= 0.6 is 0 Å². The molecule has 0 fully saturated rings. The molecule has 5 nitrogen and oxygen atoms in total. The van der Waals surface area contributed by atoms with Gasteiger partial charge in [-0.05, 0) is 24.1 Å². The molecule has 3 aromatic rings. The molecule has 0 heterocycles. The molecule has 0 atom stereocenters. The second-order valence-electron chi connectivity index (χ2n) is 6.76. The Morgan fingerprint density at radius 1 is 0.929 bits per heavy atom. The predicted molar refractivity (Wildman–Crippen MR) is 106 cm³/mol. The van der Waals surface area contributed by atoms with Crippen molar-refractivity contribution >= 4 is 17.3 Å². The highest BCUT2D eigenvalue weighted by molar-refractivity contribution is 6.31. The number of benzene rings is 3. The molecule has 1 aliphatic carbocycles. The summed E-state index contributed by atoms with van der Waals surface area (Å²) in [4.78, 5) is 25.7. The van der Waals surface area contributed by atoms with E-state index in [1.54, 1.807) is 24.3 Å². The number of hydrogen-bond donors (Lipinski definition) is 2. The number of ketones is 2. The van der Waals surface area contributed by atoms with Crippen LogP contribution in [-0.2, 0) is 6.42 Å². The molecule has 0 saturated heterocycles. The molecule has 0 aliphatic heterocycles. The minimum atomic E-state index is -0.426. The number of aromatic hydroxyl groups is 1. The molecule has 28 heavy (non-hydrogen) atoms. The van der Waals surface area contributed by atoms with Crippen molar-refractivity contribution in [1.29, 1.82) is 0 Å². The monoisotopic (exact) mass is 373 g/mol. The van der Waals surface area contributed by atoms with Crippen LogP contribution in [0.2, 0.25) is 0 Å². The van der Waals surface area contributed by atoms with Crippen LogP contribution in [0.1, 0.15) is 50.8 Å². The van der Waals surface area contributed by atoms with Crippen molar-refractivity contribution in [3.05, 3.63) is 82.4 Å². The molecule has 0 aromatic heterocycles. The number of carbonyl (C=O) groups excluding carboxylic acids is 2. The fourth-order valence-corrected chi connectivity index (χ4v) is 3.50. The Labute approximate surface area is 162 Å². The molecule has 5 heteroatoms. The van der Waals surface area contributed by atoms with E-state index < -0.39 is 11.6 Å². The summed E-state index contributed by atoms with van der Waals surface area (Å²) in [6, 6.07) is 15.3. The maximum atomic E-state index is 12.9. The van der Waals surface area contributed by atoms with Gasteiger partial charge in [0.15, 0.2) is 17.3 Å².